The second-order valence-corrected chi connectivity index (χ2v) is 23.1. The first-order valence-corrected chi connectivity index (χ1v) is 35.0. The molecule has 0 aromatic rings. The minimum atomic E-state index is -0.788. The Balaban J connectivity index is 4.30. The van der Waals surface area contributed by atoms with Crippen molar-refractivity contribution in [3.05, 3.63) is 122 Å². The van der Waals surface area contributed by atoms with Gasteiger partial charge in [0, 0.05) is 19.3 Å². The summed E-state index contributed by atoms with van der Waals surface area (Å²) < 4.78 is 16.9. The summed E-state index contributed by atoms with van der Waals surface area (Å²) in [6.07, 6.45) is 97.9. The van der Waals surface area contributed by atoms with Crippen molar-refractivity contribution in [2.24, 2.45) is 0 Å². The van der Waals surface area contributed by atoms with E-state index in [0.717, 1.165) is 122 Å². The zero-order valence-corrected chi connectivity index (χ0v) is 54.4. The van der Waals surface area contributed by atoms with Crippen molar-refractivity contribution in [3.63, 3.8) is 0 Å². The van der Waals surface area contributed by atoms with E-state index in [1.54, 1.807) is 0 Å². The molecule has 0 aliphatic heterocycles. The lowest BCUT2D eigenvalue weighted by Crippen LogP contribution is -2.30. The van der Waals surface area contributed by atoms with Crippen LogP contribution in [0.25, 0.3) is 0 Å². The van der Waals surface area contributed by atoms with Gasteiger partial charge in [-0.3, -0.25) is 14.4 Å². The highest BCUT2D eigenvalue weighted by molar-refractivity contribution is 5.71. The molecule has 0 spiro atoms. The Morgan fingerprint density at radius 2 is 0.470 bits per heavy atom. The molecule has 0 saturated heterocycles. The molecule has 0 aliphatic rings. The molecule has 0 heterocycles. The third-order valence-corrected chi connectivity index (χ3v) is 15.0. The molecule has 0 saturated carbocycles. The Labute approximate surface area is 513 Å². The second kappa shape index (κ2) is 70.3. The Hall–Kier alpha value is -4.19. The fraction of sp³-hybridized carbons (Fsp3) is 0.701. The molecule has 6 nitrogen and oxygen atoms in total. The maximum atomic E-state index is 12.9. The van der Waals surface area contributed by atoms with E-state index in [-0.39, 0.29) is 31.1 Å². The van der Waals surface area contributed by atoms with Crippen LogP contribution in [0.5, 0.6) is 0 Å². The largest absolute Gasteiger partial charge is 0.462 e. The van der Waals surface area contributed by atoms with Gasteiger partial charge < -0.3 is 14.2 Å². The number of allylic oxidation sites excluding steroid dienone is 20. The number of esters is 3. The molecule has 0 N–H and O–H groups in total. The summed E-state index contributed by atoms with van der Waals surface area (Å²) in [5, 5.41) is 0. The minimum absolute atomic E-state index is 0.0822. The number of rotatable bonds is 63. The molecule has 1 unspecified atom stereocenters. The first-order valence-electron chi connectivity index (χ1n) is 35.0. The molecule has 0 aliphatic carbocycles. The van der Waals surface area contributed by atoms with Crippen LogP contribution in [0, 0.1) is 0 Å². The van der Waals surface area contributed by atoms with E-state index in [4.69, 9.17) is 14.2 Å². The summed E-state index contributed by atoms with van der Waals surface area (Å²) >= 11 is 0. The summed E-state index contributed by atoms with van der Waals surface area (Å²) in [5.41, 5.74) is 0. The number of hydrogen-bond acceptors (Lipinski definition) is 6. The summed E-state index contributed by atoms with van der Waals surface area (Å²) in [6.45, 7) is 6.52. The van der Waals surface area contributed by atoms with E-state index in [9.17, 15) is 14.4 Å². The van der Waals surface area contributed by atoms with Crippen LogP contribution in [-0.4, -0.2) is 37.2 Å². The quantitative estimate of drug-likeness (QED) is 0.0261. The van der Waals surface area contributed by atoms with Crippen molar-refractivity contribution in [2.45, 2.75) is 335 Å². The van der Waals surface area contributed by atoms with Gasteiger partial charge in [-0.15, -0.1) is 0 Å². The molecule has 0 aromatic heterocycles. The number of carbonyl (C=O) groups excluding carboxylic acids is 3. The summed E-state index contributed by atoms with van der Waals surface area (Å²) in [4.78, 5) is 38.4. The molecular formula is C77H130O6. The first-order chi connectivity index (χ1) is 41.0. The topological polar surface area (TPSA) is 78.9 Å². The van der Waals surface area contributed by atoms with Gasteiger partial charge in [-0.25, -0.2) is 0 Å². The smallest absolute Gasteiger partial charge is 0.306 e. The highest BCUT2D eigenvalue weighted by atomic mass is 16.6. The highest BCUT2D eigenvalue weighted by Crippen LogP contribution is 2.16. The predicted octanol–water partition coefficient (Wildman–Crippen LogP) is 24.3. The second-order valence-electron chi connectivity index (χ2n) is 23.1. The van der Waals surface area contributed by atoms with Gasteiger partial charge >= 0.3 is 17.9 Å². The van der Waals surface area contributed by atoms with Gasteiger partial charge in [0.25, 0.3) is 0 Å². The Bertz CT molecular complexity index is 1700. The van der Waals surface area contributed by atoms with Crippen LogP contribution in [-0.2, 0) is 28.6 Å². The van der Waals surface area contributed by atoms with Crippen LogP contribution in [0.1, 0.15) is 329 Å². The van der Waals surface area contributed by atoms with Crippen LogP contribution >= 0.6 is 0 Å². The van der Waals surface area contributed by atoms with Crippen molar-refractivity contribution < 1.29 is 28.6 Å². The molecule has 0 amide bonds. The van der Waals surface area contributed by atoms with E-state index in [0.29, 0.717) is 19.3 Å². The van der Waals surface area contributed by atoms with Gasteiger partial charge in [-0.05, 0) is 116 Å². The average Bonchev–Trinajstić information content (AvgIpc) is 3.48. The summed E-state index contributed by atoms with van der Waals surface area (Å²) in [6, 6.07) is 0. The molecule has 6 heteroatoms. The van der Waals surface area contributed by atoms with E-state index < -0.39 is 6.10 Å². The fourth-order valence-corrected chi connectivity index (χ4v) is 9.73. The van der Waals surface area contributed by atoms with E-state index >= 15 is 0 Å². The highest BCUT2D eigenvalue weighted by Gasteiger charge is 2.19. The molecule has 0 rings (SSSR count). The minimum Gasteiger partial charge on any atom is -0.462 e. The van der Waals surface area contributed by atoms with Crippen LogP contribution in [0.2, 0.25) is 0 Å². The van der Waals surface area contributed by atoms with Crippen molar-refractivity contribution in [1.29, 1.82) is 0 Å². The SMILES string of the molecule is CC/C=C\C/C=C\C/C=C\C/C=C\C/C=C\C/C=C\C/C=C\CCCCCCCCCC(=O)OCC(COC(=O)CCCCCCCCCCCCC)OC(=O)CCCCCCCCCCCC/C=C\C/C=C\C/C=C\CCCCCCC. The third-order valence-electron chi connectivity index (χ3n) is 15.0. The van der Waals surface area contributed by atoms with Crippen LogP contribution in [0.4, 0.5) is 0 Å². The maximum Gasteiger partial charge on any atom is 0.306 e. The Morgan fingerprint density at radius 3 is 0.735 bits per heavy atom. The molecular weight excluding hydrogens is 1020 g/mol. The zero-order chi connectivity index (χ0) is 59.9. The van der Waals surface area contributed by atoms with Crippen molar-refractivity contribution in [2.75, 3.05) is 13.2 Å². The number of carbonyl (C=O) groups is 3. The molecule has 0 fully saturated rings. The molecule has 0 radical (unpaired) electrons. The average molecular weight is 1150 g/mol. The van der Waals surface area contributed by atoms with Gasteiger partial charge in [0.15, 0.2) is 6.10 Å². The van der Waals surface area contributed by atoms with Crippen molar-refractivity contribution >= 4 is 17.9 Å². The van der Waals surface area contributed by atoms with Crippen molar-refractivity contribution in [3.8, 4) is 0 Å². The summed E-state index contributed by atoms with van der Waals surface area (Å²) in [7, 11) is 0. The lowest BCUT2D eigenvalue weighted by atomic mass is 10.0. The van der Waals surface area contributed by atoms with Crippen LogP contribution in [0.3, 0.4) is 0 Å². The lowest BCUT2D eigenvalue weighted by Gasteiger charge is -2.18. The van der Waals surface area contributed by atoms with Crippen LogP contribution < -0.4 is 0 Å². The Morgan fingerprint density at radius 1 is 0.253 bits per heavy atom. The normalized spacial score (nSPS) is 12.9. The monoisotopic (exact) mass is 1150 g/mol. The van der Waals surface area contributed by atoms with E-state index in [1.807, 2.05) is 0 Å². The molecule has 1 atom stereocenters. The first kappa shape index (κ1) is 78.8. The number of ether oxygens (including phenoxy) is 3. The van der Waals surface area contributed by atoms with Gasteiger partial charge in [-0.2, -0.15) is 0 Å². The fourth-order valence-electron chi connectivity index (χ4n) is 9.73. The van der Waals surface area contributed by atoms with Gasteiger partial charge in [0.1, 0.15) is 13.2 Å². The molecule has 0 aromatic carbocycles. The Kier molecular flexibility index (Phi) is 66.7. The number of hydrogen-bond donors (Lipinski definition) is 0. The number of unbranched alkanes of at least 4 members (excludes halogenated alkanes) is 32. The van der Waals surface area contributed by atoms with Crippen molar-refractivity contribution in [1.82, 2.24) is 0 Å². The zero-order valence-electron chi connectivity index (χ0n) is 54.4. The summed E-state index contributed by atoms with van der Waals surface area (Å²) in [5.74, 6) is -0.889. The van der Waals surface area contributed by atoms with Crippen LogP contribution in [0.15, 0.2) is 122 Å². The standard InChI is InChI=1S/C77H130O6/c1-4-7-10-13-16-19-22-24-26-28-30-32-34-36-37-38-39-41-42-44-46-48-50-52-55-58-61-64-67-70-76(79)82-73-74(72-81-75(78)69-66-63-60-57-54-21-18-15-12-9-6-3)83-77(80)71-68-65-62-59-56-53-51-49-47-45-43-40-35-33-31-29-27-25-23-20-17-14-11-8-5-2/h7,10,16,19,23-26,29-32,35-37,39-41,44,46,74H,4-6,8-9,11-15,17-18,20-22,27-28,33-34,38,42-43,45,47-73H2,1-3H3/b10-7-,19-16-,25-23-,26-24-,31-29-,32-30-,37-36-,40-35-,41-39-,46-44-. The maximum absolute atomic E-state index is 12.9. The van der Waals surface area contributed by atoms with E-state index in [2.05, 4.69) is 142 Å². The van der Waals surface area contributed by atoms with Gasteiger partial charge in [0.05, 0.1) is 0 Å². The molecule has 83 heavy (non-hydrogen) atoms. The van der Waals surface area contributed by atoms with Gasteiger partial charge in [0.2, 0.25) is 0 Å². The third kappa shape index (κ3) is 68.5. The van der Waals surface area contributed by atoms with Gasteiger partial charge in [-0.1, -0.05) is 316 Å². The molecule has 0 bridgehead atoms. The van der Waals surface area contributed by atoms with E-state index in [1.165, 1.54) is 167 Å². The molecule has 474 valence electrons. The predicted molar refractivity (Wildman–Crippen MR) is 362 cm³/mol. The lowest BCUT2D eigenvalue weighted by molar-refractivity contribution is -0.167.